The Bertz CT molecular complexity index is 598. The molecule has 0 saturated heterocycles. The second kappa shape index (κ2) is 22.5. The van der Waals surface area contributed by atoms with Gasteiger partial charge in [0.15, 0.2) is 11.9 Å². The van der Waals surface area contributed by atoms with E-state index < -0.39 is 33.2 Å². The van der Waals surface area contributed by atoms with Crippen LogP contribution in [0, 0.1) is 0 Å². The summed E-state index contributed by atoms with van der Waals surface area (Å²) in [5.41, 5.74) is 0. The van der Waals surface area contributed by atoms with Gasteiger partial charge in [-0.3, -0.25) is 13.8 Å². The SMILES string of the molecule is CCCCCCCCCCCCCCCCCCCC(=O)C(C[N+](C)(C)C)OP(=O)(O)OCC(O)CO. The molecule has 8 nitrogen and oxygen atoms in total. The largest absolute Gasteiger partial charge is 0.473 e. The molecule has 0 aromatic carbocycles. The van der Waals surface area contributed by atoms with Gasteiger partial charge in [0.1, 0.15) is 12.6 Å². The molecule has 0 aliphatic heterocycles. The summed E-state index contributed by atoms with van der Waals surface area (Å²) in [4.78, 5) is 22.7. The molecule has 222 valence electrons. The fourth-order valence-corrected chi connectivity index (χ4v) is 5.23. The van der Waals surface area contributed by atoms with Gasteiger partial charge in [0.2, 0.25) is 0 Å². The van der Waals surface area contributed by atoms with Gasteiger partial charge >= 0.3 is 7.82 Å². The van der Waals surface area contributed by atoms with Crippen LogP contribution >= 0.6 is 7.82 Å². The first kappa shape index (κ1) is 36.7. The molecule has 3 atom stereocenters. The van der Waals surface area contributed by atoms with Crippen LogP contribution in [0.3, 0.4) is 0 Å². The van der Waals surface area contributed by atoms with E-state index in [1.54, 1.807) is 0 Å². The molecule has 0 rings (SSSR count). The lowest BCUT2D eigenvalue weighted by Crippen LogP contribution is -2.45. The zero-order valence-electron chi connectivity index (χ0n) is 24.4. The Balaban J connectivity index is 3.95. The molecule has 37 heavy (non-hydrogen) atoms. The predicted molar refractivity (Wildman–Crippen MR) is 150 cm³/mol. The maximum absolute atomic E-state index is 12.7. The molecule has 0 aliphatic carbocycles. The highest BCUT2D eigenvalue weighted by atomic mass is 31.2. The van der Waals surface area contributed by atoms with Gasteiger partial charge in [0.05, 0.1) is 34.4 Å². The normalized spacial score (nSPS) is 15.4. The van der Waals surface area contributed by atoms with Crippen molar-refractivity contribution in [1.82, 2.24) is 0 Å². The second-order valence-electron chi connectivity index (χ2n) is 11.5. The lowest BCUT2D eigenvalue weighted by atomic mass is 10.0. The summed E-state index contributed by atoms with van der Waals surface area (Å²) < 4.78 is 22.5. The van der Waals surface area contributed by atoms with Crippen molar-refractivity contribution in [2.45, 2.75) is 135 Å². The maximum Gasteiger partial charge on any atom is 0.473 e. The summed E-state index contributed by atoms with van der Waals surface area (Å²) >= 11 is 0. The molecule has 0 bridgehead atoms. The fraction of sp³-hybridized carbons (Fsp3) is 0.964. The van der Waals surface area contributed by atoms with Gasteiger partial charge in [-0.15, -0.1) is 0 Å². The van der Waals surface area contributed by atoms with Crippen molar-refractivity contribution in [2.75, 3.05) is 40.9 Å². The highest BCUT2D eigenvalue weighted by Gasteiger charge is 2.34. The van der Waals surface area contributed by atoms with Gasteiger partial charge in [-0.05, 0) is 6.42 Å². The van der Waals surface area contributed by atoms with Crippen LogP contribution in [0.2, 0.25) is 0 Å². The molecule has 0 fully saturated rings. The Kier molecular flexibility index (Phi) is 22.3. The minimum absolute atomic E-state index is 0.213. The van der Waals surface area contributed by atoms with Crippen molar-refractivity contribution in [2.24, 2.45) is 0 Å². The first-order valence-electron chi connectivity index (χ1n) is 14.8. The van der Waals surface area contributed by atoms with Crippen molar-refractivity contribution < 1.29 is 38.0 Å². The summed E-state index contributed by atoms with van der Waals surface area (Å²) in [5.74, 6) is -0.213. The van der Waals surface area contributed by atoms with Crippen LogP contribution in [0.15, 0.2) is 0 Å². The first-order valence-corrected chi connectivity index (χ1v) is 16.3. The van der Waals surface area contributed by atoms with E-state index in [9.17, 15) is 19.4 Å². The number of hydrogen-bond donors (Lipinski definition) is 3. The van der Waals surface area contributed by atoms with Gasteiger partial charge in [0, 0.05) is 6.42 Å². The molecule has 0 saturated carbocycles. The Labute approximate surface area is 227 Å². The first-order chi connectivity index (χ1) is 17.5. The molecule has 0 radical (unpaired) electrons. The quantitative estimate of drug-likeness (QED) is 0.0635. The van der Waals surface area contributed by atoms with Crippen LogP contribution in [-0.4, -0.2) is 78.5 Å². The molecule has 0 spiro atoms. The number of Topliss-reactive ketones (excluding diaryl/α,β-unsaturated/α-hetero) is 1. The Morgan fingerprint density at radius 2 is 1.19 bits per heavy atom. The van der Waals surface area contributed by atoms with Gasteiger partial charge in [-0.2, -0.15) is 0 Å². The van der Waals surface area contributed by atoms with Gasteiger partial charge in [-0.1, -0.05) is 110 Å². The van der Waals surface area contributed by atoms with E-state index in [0.29, 0.717) is 10.9 Å². The summed E-state index contributed by atoms with van der Waals surface area (Å²) in [6, 6.07) is 0. The van der Waals surface area contributed by atoms with Crippen molar-refractivity contribution >= 4 is 13.6 Å². The maximum atomic E-state index is 12.7. The van der Waals surface area contributed by atoms with Crippen LogP contribution in [0.25, 0.3) is 0 Å². The third-order valence-corrected chi connectivity index (χ3v) is 7.50. The van der Waals surface area contributed by atoms with Crippen molar-refractivity contribution in [3.8, 4) is 0 Å². The molecule has 3 unspecified atom stereocenters. The molecule has 0 heterocycles. The summed E-state index contributed by atoms with van der Waals surface area (Å²) in [5, 5.41) is 18.2. The van der Waals surface area contributed by atoms with Crippen LogP contribution in [-0.2, 0) is 18.4 Å². The minimum atomic E-state index is -4.53. The van der Waals surface area contributed by atoms with E-state index in [2.05, 4.69) is 6.92 Å². The van der Waals surface area contributed by atoms with E-state index in [0.717, 1.165) is 19.3 Å². The number of quaternary nitrogens is 1. The van der Waals surface area contributed by atoms with Crippen molar-refractivity contribution in [1.29, 1.82) is 0 Å². The molecule has 0 aromatic rings. The summed E-state index contributed by atoms with van der Waals surface area (Å²) in [6.07, 6.45) is 19.5. The molecular formula is C28H59NO7P+. The lowest BCUT2D eigenvalue weighted by molar-refractivity contribution is -0.872. The van der Waals surface area contributed by atoms with Crippen LogP contribution in [0.4, 0.5) is 0 Å². The van der Waals surface area contributed by atoms with Gasteiger partial charge < -0.3 is 19.6 Å². The van der Waals surface area contributed by atoms with Crippen LogP contribution in [0.5, 0.6) is 0 Å². The summed E-state index contributed by atoms with van der Waals surface area (Å²) in [7, 11) is 1.08. The number of phosphoric acid groups is 1. The van der Waals surface area contributed by atoms with E-state index in [4.69, 9.17) is 14.2 Å². The number of unbranched alkanes of at least 4 members (excludes halogenated alkanes) is 16. The number of likely N-dealkylation sites (N-methyl/N-ethyl adjacent to an activating group) is 1. The molecule has 9 heteroatoms. The number of carbonyl (C=O) groups excluding carboxylic acids is 1. The van der Waals surface area contributed by atoms with E-state index >= 15 is 0 Å². The number of hydrogen-bond acceptors (Lipinski definition) is 6. The third kappa shape index (κ3) is 24.4. The predicted octanol–water partition coefficient (Wildman–Crippen LogP) is 6.16. The number of carbonyl (C=O) groups is 1. The fourth-order valence-electron chi connectivity index (χ4n) is 4.30. The highest BCUT2D eigenvalue weighted by Crippen LogP contribution is 2.45. The number of aliphatic hydroxyl groups excluding tert-OH is 2. The molecular weight excluding hydrogens is 493 g/mol. The molecule has 0 aliphatic rings. The molecule has 3 N–H and O–H groups in total. The van der Waals surface area contributed by atoms with Crippen LogP contribution < -0.4 is 0 Å². The Morgan fingerprint density at radius 3 is 1.57 bits per heavy atom. The van der Waals surface area contributed by atoms with E-state index in [-0.39, 0.29) is 12.3 Å². The molecule has 0 aromatic heterocycles. The number of ketones is 1. The highest BCUT2D eigenvalue weighted by molar-refractivity contribution is 7.47. The monoisotopic (exact) mass is 552 g/mol. The zero-order chi connectivity index (χ0) is 28.0. The Hall–Kier alpha value is -0.340. The zero-order valence-corrected chi connectivity index (χ0v) is 25.3. The van der Waals surface area contributed by atoms with Gasteiger partial charge in [-0.25, -0.2) is 4.57 Å². The average Bonchev–Trinajstić information content (AvgIpc) is 2.82. The smallest absolute Gasteiger partial charge is 0.394 e. The topological polar surface area (TPSA) is 113 Å². The van der Waals surface area contributed by atoms with Crippen molar-refractivity contribution in [3.63, 3.8) is 0 Å². The number of phosphoric ester groups is 1. The molecule has 0 amide bonds. The average molecular weight is 553 g/mol. The minimum Gasteiger partial charge on any atom is -0.394 e. The standard InChI is InChI=1S/C28H58NO7P/c1-5-6-7-8-9-10-11-12-13-14-15-16-17-18-19-20-21-22-27(32)28(23-29(2,3)4)36-37(33,34)35-25-26(31)24-30/h26,28,30-31H,5-25H2,1-4H3/p+1. The van der Waals surface area contributed by atoms with Gasteiger partial charge in [0.25, 0.3) is 0 Å². The summed E-state index contributed by atoms with van der Waals surface area (Å²) in [6.45, 7) is 1.35. The van der Waals surface area contributed by atoms with Crippen molar-refractivity contribution in [3.05, 3.63) is 0 Å². The lowest BCUT2D eigenvalue weighted by Gasteiger charge is -2.29. The number of nitrogens with zero attached hydrogens (tertiary/aromatic N) is 1. The third-order valence-electron chi connectivity index (χ3n) is 6.50. The second-order valence-corrected chi connectivity index (χ2v) is 12.9. The number of aliphatic hydroxyl groups is 2. The number of rotatable bonds is 27. The van der Waals surface area contributed by atoms with E-state index in [1.807, 2.05) is 21.1 Å². The van der Waals surface area contributed by atoms with E-state index in [1.165, 1.54) is 89.9 Å². The Morgan fingerprint density at radius 1 is 0.784 bits per heavy atom. The van der Waals surface area contributed by atoms with Crippen LogP contribution in [0.1, 0.15) is 122 Å².